The van der Waals surface area contributed by atoms with Gasteiger partial charge in [0.15, 0.2) is 0 Å². The summed E-state index contributed by atoms with van der Waals surface area (Å²) >= 11 is 0. The molecular weight excluding hydrogens is 300 g/mol. The summed E-state index contributed by atoms with van der Waals surface area (Å²) < 4.78 is 4.48. The van der Waals surface area contributed by atoms with Gasteiger partial charge in [0.1, 0.15) is 12.1 Å². The largest absolute Gasteiger partial charge is 0.480 e. The van der Waals surface area contributed by atoms with Crippen molar-refractivity contribution in [2.75, 3.05) is 7.11 Å². The number of carbonyl (C=O) groups is 3. The van der Waals surface area contributed by atoms with E-state index in [2.05, 4.69) is 15.4 Å². The smallest absolute Gasteiger partial charge is 0.407 e. The number of nitrogens with one attached hydrogen (secondary N) is 2. The molecule has 0 unspecified atom stereocenters. The first-order valence-corrected chi connectivity index (χ1v) is 7.26. The van der Waals surface area contributed by atoms with Gasteiger partial charge in [0.25, 0.3) is 0 Å². The standard InChI is InChI=1S/C16H22N2O5/c1-10(2)13(18-16(22)23-3)14(19)17-12(15(20)21)9-11-7-5-4-6-8-11/h4-8,10,12-13H,9H2,1-3H3,(H,17,19)(H,18,22)(H,20,21)/t12-,13-/m0/s1. The second-order valence-corrected chi connectivity index (χ2v) is 5.45. The summed E-state index contributed by atoms with van der Waals surface area (Å²) in [5.41, 5.74) is 0.794. The Kier molecular flexibility index (Phi) is 7.05. The number of ether oxygens (including phenoxy) is 1. The van der Waals surface area contributed by atoms with Crippen LogP contribution in [0.15, 0.2) is 30.3 Å². The topological polar surface area (TPSA) is 105 Å². The first-order valence-electron chi connectivity index (χ1n) is 7.26. The molecule has 0 saturated carbocycles. The molecule has 1 rings (SSSR count). The van der Waals surface area contributed by atoms with Crippen LogP contribution in [-0.4, -0.2) is 42.3 Å². The van der Waals surface area contributed by atoms with E-state index >= 15 is 0 Å². The molecule has 0 aromatic heterocycles. The molecule has 0 aliphatic heterocycles. The summed E-state index contributed by atoms with van der Waals surface area (Å²) in [5.74, 6) is -1.92. The highest BCUT2D eigenvalue weighted by atomic mass is 16.5. The lowest BCUT2D eigenvalue weighted by Gasteiger charge is -2.23. The number of benzene rings is 1. The molecule has 7 nitrogen and oxygen atoms in total. The van der Waals surface area contributed by atoms with Crippen molar-refractivity contribution in [2.24, 2.45) is 5.92 Å². The second-order valence-electron chi connectivity index (χ2n) is 5.45. The van der Waals surface area contributed by atoms with Gasteiger partial charge in [-0.3, -0.25) is 4.79 Å². The van der Waals surface area contributed by atoms with E-state index in [-0.39, 0.29) is 12.3 Å². The first kappa shape index (κ1) is 18.5. The zero-order valence-electron chi connectivity index (χ0n) is 13.4. The quantitative estimate of drug-likeness (QED) is 0.699. The lowest BCUT2D eigenvalue weighted by molar-refractivity contribution is -0.142. The predicted molar refractivity (Wildman–Crippen MR) is 83.9 cm³/mol. The van der Waals surface area contributed by atoms with Gasteiger partial charge >= 0.3 is 12.1 Å². The number of methoxy groups -OCH3 is 1. The van der Waals surface area contributed by atoms with Crippen LogP contribution in [0.1, 0.15) is 19.4 Å². The maximum Gasteiger partial charge on any atom is 0.407 e. The molecule has 126 valence electrons. The Labute approximate surface area is 135 Å². The molecule has 0 aliphatic carbocycles. The predicted octanol–water partition coefficient (Wildman–Crippen LogP) is 1.18. The maximum absolute atomic E-state index is 12.3. The summed E-state index contributed by atoms with van der Waals surface area (Å²) in [6.45, 7) is 3.49. The van der Waals surface area contributed by atoms with Crippen molar-refractivity contribution in [3.63, 3.8) is 0 Å². The number of carboxylic acid groups (broad SMARTS) is 1. The van der Waals surface area contributed by atoms with E-state index in [0.29, 0.717) is 0 Å². The molecule has 1 aromatic carbocycles. The van der Waals surface area contributed by atoms with Gasteiger partial charge in [0.2, 0.25) is 5.91 Å². The van der Waals surface area contributed by atoms with Crippen LogP contribution in [0.4, 0.5) is 4.79 Å². The molecule has 0 heterocycles. The van der Waals surface area contributed by atoms with Crippen LogP contribution in [0.5, 0.6) is 0 Å². The zero-order chi connectivity index (χ0) is 17.4. The van der Waals surface area contributed by atoms with Gasteiger partial charge in [-0.05, 0) is 11.5 Å². The number of hydrogen-bond acceptors (Lipinski definition) is 4. The number of carboxylic acids is 1. The van der Waals surface area contributed by atoms with Crippen LogP contribution < -0.4 is 10.6 Å². The van der Waals surface area contributed by atoms with Gasteiger partial charge < -0.3 is 20.5 Å². The molecule has 0 fully saturated rings. The van der Waals surface area contributed by atoms with E-state index in [1.165, 1.54) is 7.11 Å². The number of carbonyl (C=O) groups excluding carboxylic acids is 2. The molecule has 0 radical (unpaired) electrons. The van der Waals surface area contributed by atoms with E-state index in [1.807, 2.05) is 6.07 Å². The third-order valence-corrected chi connectivity index (χ3v) is 3.31. The fraction of sp³-hybridized carbons (Fsp3) is 0.438. The van der Waals surface area contributed by atoms with Gasteiger partial charge in [-0.25, -0.2) is 9.59 Å². The van der Waals surface area contributed by atoms with Crippen molar-refractivity contribution in [3.05, 3.63) is 35.9 Å². The monoisotopic (exact) mass is 322 g/mol. The van der Waals surface area contributed by atoms with Crippen LogP contribution in [0.2, 0.25) is 0 Å². The van der Waals surface area contributed by atoms with Crippen LogP contribution in [-0.2, 0) is 20.7 Å². The van der Waals surface area contributed by atoms with Crippen LogP contribution >= 0.6 is 0 Å². The lowest BCUT2D eigenvalue weighted by atomic mass is 10.0. The molecule has 23 heavy (non-hydrogen) atoms. The first-order chi connectivity index (χ1) is 10.8. The molecule has 1 aromatic rings. The van der Waals surface area contributed by atoms with Gasteiger partial charge in [-0.15, -0.1) is 0 Å². The molecular formula is C16H22N2O5. The van der Waals surface area contributed by atoms with Gasteiger partial charge in [-0.1, -0.05) is 44.2 Å². The van der Waals surface area contributed by atoms with Crippen molar-refractivity contribution in [1.29, 1.82) is 0 Å². The highest BCUT2D eigenvalue weighted by Crippen LogP contribution is 2.06. The summed E-state index contributed by atoms with van der Waals surface area (Å²) in [7, 11) is 1.19. The third kappa shape index (κ3) is 5.98. The van der Waals surface area contributed by atoms with E-state index in [9.17, 15) is 19.5 Å². The molecule has 0 bridgehead atoms. The highest BCUT2D eigenvalue weighted by molar-refractivity contribution is 5.89. The van der Waals surface area contributed by atoms with E-state index < -0.39 is 30.1 Å². The Balaban J connectivity index is 2.79. The number of hydrogen-bond donors (Lipinski definition) is 3. The maximum atomic E-state index is 12.3. The minimum absolute atomic E-state index is 0.158. The number of amides is 2. The second kappa shape index (κ2) is 8.77. The van der Waals surface area contributed by atoms with E-state index in [4.69, 9.17) is 0 Å². The number of rotatable bonds is 7. The molecule has 0 spiro atoms. The van der Waals surface area contributed by atoms with E-state index in [1.54, 1.807) is 38.1 Å². The average Bonchev–Trinajstić information content (AvgIpc) is 2.52. The Morgan fingerprint density at radius 3 is 2.22 bits per heavy atom. The minimum atomic E-state index is -1.14. The normalized spacial score (nSPS) is 13.0. The van der Waals surface area contributed by atoms with Crippen molar-refractivity contribution in [3.8, 4) is 0 Å². The Morgan fingerprint density at radius 2 is 1.74 bits per heavy atom. The lowest BCUT2D eigenvalue weighted by Crippen LogP contribution is -2.54. The van der Waals surface area contributed by atoms with Gasteiger partial charge in [0, 0.05) is 6.42 Å². The third-order valence-electron chi connectivity index (χ3n) is 3.31. The van der Waals surface area contributed by atoms with Crippen molar-refractivity contribution in [1.82, 2.24) is 10.6 Å². The van der Waals surface area contributed by atoms with Crippen LogP contribution in [0, 0.1) is 5.92 Å². The summed E-state index contributed by atoms with van der Waals surface area (Å²) in [4.78, 5) is 35.0. The fourth-order valence-corrected chi connectivity index (χ4v) is 2.03. The fourth-order valence-electron chi connectivity index (χ4n) is 2.03. The van der Waals surface area contributed by atoms with Crippen molar-refractivity contribution >= 4 is 18.0 Å². The summed E-state index contributed by atoms with van der Waals surface area (Å²) in [6, 6.07) is 7.04. The van der Waals surface area contributed by atoms with E-state index in [0.717, 1.165) is 5.56 Å². The van der Waals surface area contributed by atoms with Crippen LogP contribution in [0.3, 0.4) is 0 Å². The molecule has 3 N–H and O–H groups in total. The van der Waals surface area contributed by atoms with Crippen molar-refractivity contribution in [2.45, 2.75) is 32.4 Å². The Bertz CT molecular complexity index is 545. The minimum Gasteiger partial charge on any atom is -0.480 e. The van der Waals surface area contributed by atoms with Gasteiger partial charge in [-0.2, -0.15) is 0 Å². The average molecular weight is 322 g/mol. The SMILES string of the molecule is COC(=O)N[C@H](C(=O)N[C@@H](Cc1ccccc1)C(=O)O)C(C)C. The zero-order valence-corrected chi connectivity index (χ0v) is 13.4. The van der Waals surface area contributed by atoms with Gasteiger partial charge in [0.05, 0.1) is 7.11 Å². The Morgan fingerprint density at radius 1 is 1.13 bits per heavy atom. The molecule has 7 heteroatoms. The number of aliphatic carboxylic acids is 1. The molecule has 2 amide bonds. The molecule has 2 atom stereocenters. The molecule has 0 aliphatic rings. The molecule has 0 saturated heterocycles. The summed E-state index contributed by atoms with van der Waals surface area (Å²) in [5, 5.41) is 14.2. The summed E-state index contributed by atoms with van der Waals surface area (Å²) in [6.07, 6.45) is -0.584. The highest BCUT2D eigenvalue weighted by Gasteiger charge is 2.28. The Hall–Kier alpha value is -2.57. The number of alkyl carbamates (subject to hydrolysis) is 1. The van der Waals surface area contributed by atoms with Crippen molar-refractivity contribution < 1.29 is 24.2 Å². The van der Waals surface area contributed by atoms with Crippen LogP contribution in [0.25, 0.3) is 0 Å².